The molecule has 4 unspecified atom stereocenters. The molecule has 0 saturated carbocycles. The Hall–Kier alpha value is -0.200. The van der Waals surface area contributed by atoms with E-state index in [4.69, 9.17) is 9.79 Å². The van der Waals surface area contributed by atoms with Crippen molar-refractivity contribution in [3.63, 3.8) is 0 Å². The molecular weight excluding hydrogens is 281 g/mol. The third-order valence-corrected chi connectivity index (χ3v) is 6.73. The van der Waals surface area contributed by atoms with Gasteiger partial charge in [-0.05, 0) is 47.1 Å². The summed E-state index contributed by atoms with van der Waals surface area (Å²) in [5.41, 5.74) is 0. The molecule has 0 N–H and O–H groups in total. The van der Waals surface area contributed by atoms with Gasteiger partial charge in [-0.3, -0.25) is 0 Å². The van der Waals surface area contributed by atoms with Crippen molar-refractivity contribution in [1.29, 1.82) is 5.26 Å². The van der Waals surface area contributed by atoms with E-state index in [0.29, 0.717) is 31.2 Å². The standard InChI is InChI=1S/C16H34N3OP/c1-8-14(4)18(7)21(20-13-11-12-17)19(15(5)9-2)16(6)10-3/h14-16H,8-11,13H2,1-7H3. The maximum absolute atomic E-state index is 8.77. The van der Waals surface area contributed by atoms with Gasteiger partial charge in [-0.25, -0.2) is 9.34 Å². The molecule has 0 aromatic rings. The first-order valence-corrected chi connectivity index (χ1v) is 9.41. The fourth-order valence-electron chi connectivity index (χ4n) is 2.07. The van der Waals surface area contributed by atoms with Crippen LogP contribution in [0.25, 0.3) is 0 Å². The average molecular weight is 315 g/mol. The Labute approximate surface area is 133 Å². The zero-order valence-corrected chi connectivity index (χ0v) is 15.9. The van der Waals surface area contributed by atoms with E-state index in [1.807, 2.05) is 0 Å². The van der Waals surface area contributed by atoms with Gasteiger partial charge in [-0.2, -0.15) is 5.26 Å². The van der Waals surface area contributed by atoms with Crippen LogP contribution in [0.4, 0.5) is 0 Å². The van der Waals surface area contributed by atoms with E-state index in [1.54, 1.807) is 0 Å². The fourth-order valence-corrected chi connectivity index (χ4v) is 4.47. The Morgan fingerprint density at radius 3 is 1.86 bits per heavy atom. The van der Waals surface area contributed by atoms with Crippen LogP contribution >= 0.6 is 8.45 Å². The Kier molecular flexibility index (Phi) is 11.3. The number of nitriles is 1. The summed E-state index contributed by atoms with van der Waals surface area (Å²) >= 11 is 0. The first kappa shape index (κ1) is 20.8. The van der Waals surface area contributed by atoms with Crippen molar-refractivity contribution in [1.82, 2.24) is 9.34 Å². The van der Waals surface area contributed by atoms with Crippen molar-refractivity contribution in [3.05, 3.63) is 0 Å². The molecule has 0 rings (SSSR count). The molecule has 0 spiro atoms. The van der Waals surface area contributed by atoms with E-state index in [2.05, 4.69) is 64.0 Å². The Morgan fingerprint density at radius 1 is 1.00 bits per heavy atom. The average Bonchev–Trinajstić information content (AvgIpc) is 2.51. The first-order valence-electron chi connectivity index (χ1n) is 8.25. The highest BCUT2D eigenvalue weighted by Gasteiger charge is 2.32. The normalized spacial score (nSPS) is 17.5. The van der Waals surface area contributed by atoms with Gasteiger partial charge in [0.1, 0.15) is 0 Å². The van der Waals surface area contributed by atoms with Gasteiger partial charge in [-0.15, -0.1) is 0 Å². The van der Waals surface area contributed by atoms with E-state index in [1.165, 1.54) is 0 Å². The summed E-state index contributed by atoms with van der Waals surface area (Å²) in [4.78, 5) is 0. The SMILES string of the molecule is CCC(C)N(C)P(OCCC#N)N(C(C)CC)C(C)CC. The summed E-state index contributed by atoms with van der Waals surface area (Å²) in [6.45, 7) is 14.0. The van der Waals surface area contributed by atoms with Gasteiger partial charge in [0.05, 0.1) is 19.1 Å². The molecule has 0 aromatic carbocycles. The minimum atomic E-state index is -0.817. The van der Waals surface area contributed by atoms with Crippen LogP contribution in [0.3, 0.4) is 0 Å². The van der Waals surface area contributed by atoms with Crippen LogP contribution in [0.1, 0.15) is 67.2 Å². The Morgan fingerprint density at radius 2 is 1.48 bits per heavy atom. The predicted octanol–water partition coefficient (Wildman–Crippen LogP) is 4.77. The monoisotopic (exact) mass is 315 g/mol. The molecule has 0 amide bonds. The number of hydrogen-bond acceptors (Lipinski definition) is 4. The van der Waals surface area contributed by atoms with Crippen molar-refractivity contribution >= 4 is 8.45 Å². The molecule has 0 bridgehead atoms. The van der Waals surface area contributed by atoms with E-state index in [0.717, 1.165) is 19.3 Å². The van der Waals surface area contributed by atoms with Crippen LogP contribution in [-0.4, -0.2) is 41.1 Å². The summed E-state index contributed by atoms with van der Waals surface area (Å²) < 4.78 is 11.1. The van der Waals surface area contributed by atoms with Crippen LogP contribution < -0.4 is 0 Å². The molecule has 0 aliphatic carbocycles. The lowest BCUT2D eigenvalue weighted by Crippen LogP contribution is -2.41. The zero-order valence-electron chi connectivity index (χ0n) is 15.0. The molecule has 5 heteroatoms. The molecule has 0 saturated heterocycles. The van der Waals surface area contributed by atoms with E-state index in [-0.39, 0.29) is 0 Å². The van der Waals surface area contributed by atoms with E-state index >= 15 is 0 Å². The largest absolute Gasteiger partial charge is 0.330 e. The number of rotatable bonds is 11. The van der Waals surface area contributed by atoms with Crippen molar-refractivity contribution in [2.75, 3.05) is 13.7 Å². The lowest BCUT2D eigenvalue weighted by Gasteiger charge is -2.44. The Bertz CT molecular complexity index is 298. The van der Waals surface area contributed by atoms with Crippen molar-refractivity contribution in [2.45, 2.75) is 85.4 Å². The minimum absolute atomic E-state index is 0.460. The molecule has 4 atom stereocenters. The van der Waals surface area contributed by atoms with Gasteiger partial charge in [0, 0.05) is 18.1 Å². The molecular formula is C16H34N3OP. The second-order valence-corrected chi connectivity index (χ2v) is 7.58. The third kappa shape index (κ3) is 6.61. The maximum Gasteiger partial charge on any atom is 0.188 e. The summed E-state index contributed by atoms with van der Waals surface area (Å²) in [6.07, 6.45) is 3.78. The summed E-state index contributed by atoms with van der Waals surface area (Å²) in [7, 11) is 1.34. The zero-order chi connectivity index (χ0) is 16.4. The van der Waals surface area contributed by atoms with Gasteiger partial charge in [0.25, 0.3) is 0 Å². The summed E-state index contributed by atoms with van der Waals surface area (Å²) in [6, 6.07) is 3.63. The van der Waals surface area contributed by atoms with Gasteiger partial charge >= 0.3 is 0 Å². The smallest absolute Gasteiger partial charge is 0.188 e. The molecule has 0 fully saturated rings. The van der Waals surface area contributed by atoms with Gasteiger partial charge in [0.15, 0.2) is 8.45 Å². The van der Waals surface area contributed by atoms with Crippen LogP contribution in [0, 0.1) is 11.3 Å². The highest BCUT2D eigenvalue weighted by molar-refractivity contribution is 7.47. The molecule has 0 aromatic heterocycles. The molecule has 0 heterocycles. The quantitative estimate of drug-likeness (QED) is 0.406. The van der Waals surface area contributed by atoms with Crippen LogP contribution in [-0.2, 0) is 4.52 Å². The first-order chi connectivity index (χ1) is 9.94. The van der Waals surface area contributed by atoms with Crippen LogP contribution in [0.15, 0.2) is 0 Å². The van der Waals surface area contributed by atoms with Crippen molar-refractivity contribution < 1.29 is 4.52 Å². The molecule has 21 heavy (non-hydrogen) atoms. The minimum Gasteiger partial charge on any atom is -0.330 e. The topological polar surface area (TPSA) is 39.5 Å². The van der Waals surface area contributed by atoms with Crippen molar-refractivity contribution in [3.8, 4) is 6.07 Å². The van der Waals surface area contributed by atoms with Gasteiger partial charge in [0.2, 0.25) is 0 Å². The fraction of sp³-hybridized carbons (Fsp3) is 0.938. The van der Waals surface area contributed by atoms with Crippen LogP contribution in [0.2, 0.25) is 0 Å². The highest BCUT2D eigenvalue weighted by atomic mass is 31.2. The predicted molar refractivity (Wildman–Crippen MR) is 92.0 cm³/mol. The summed E-state index contributed by atoms with van der Waals surface area (Å²) in [5.74, 6) is 0. The second-order valence-electron chi connectivity index (χ2n) is 5.72. The highest BCUT2D eigenvalue weighted by Crippen LogP contribution is 2.49. The van der Waals surface area contributed by atoms with Gasteiger partial charge < -0.3 is 4.52 Å². The Balaban J connectivity index is 5.21. The van der Waals surface area contributed by atoms with E-state index < -0.39 is 8.45 Å². The van der Waals surface area contributed by atoms with Crippen molar-refractivity contribution in [2.24, 2.45) is 0 Å². The van der Waals surface area contributed by atoms with Gasteiger partial charge in [-0.1, -0.05) is 20.8 Å². The lowest BCUT2D eigenvalue weighted by atomic mass is 10.2. The lowest BCUT2D eigenvalue weighted by molar-refractivity contribution is 0.194. The third-order valence-electron chi connectivity index (χ3n) is 4.20. The second kappa shape index (κ2) is 11.4. The molecule has 0 aliphatic rings. The van der Waals surface area contributed by atoms with Crippen LogP contribution in [0.5, 0.6) is 0 Å². The number of nitrogens with zero attached hydrogens (tertiary/aromatic N) is 3. The molecule has 4 nitrogen and oxygen atoms in total. The number of hydrogen-bond donors (Lipinski definition) is 0. The molecule has 124 valence electrons. The molecule has 0 aliphatic heterocycles. The van der Waals surface area contributed by atoms with E-state index in [9.17, 15) is 0 Å². The molecule has 0 radical (unpaired) electrons. The summed E-state index contributed by atoms with van der Waals surface area (Å²) in [5, 5.41) is 8.77. The maximum atomic E-state index is 8.77.